The molecule has 0 amide bonds. The average molecular weight is 302 g/mol. The van der Waals surface area contributed by atoms with Crippen molar-refractivity contribution in [2.24, 2.45) is 0 Å². The summed E-state index contributed by atoms with van der Waals surface area (Å²) in [5.41, 5.74) is 0.598. The third-order valence-corrected chi connectivity index (χ3v) is 5.20. The molecular weight excluding hydrogens is 280 g/mol. The minimum atomic E-state index is -3.63. The second-order valence-corrected chi connectivity index (χ2v) is 6.74. The maximum absolute atomic E-state index is 12.2. The lowest BCUT2D eigenvalue weighted by Crippen LogP contribution is -2.36. The topological polar surface area (TPSA) is 98.3 Å². The normalized spacial score (nSPS) is 16.0. The van der Waals surface area contributed by atoms with Gasteiger partial charge in [-0.1, -0.05) is 6.92 Å². The number of likely N-dealkylation sites (N-methyl/N-ethyl adjacent to an activating group) is 1. The van der Waals surface area contributed by atoms with Gasteiger partial charge in [0.1, 0.15) is 10.6 Å². The first-order chi connectivity index (χ1) is 9.49. The number of nitrogens with one attached hydrogen (secondary N) is 2. The first-order valence-corrected chi connectivity index (χ1v) is 8.36. The van der Waals surface area contributed by atoms with Crippen molar-refractivity contribution in [1.29, 1.82) is 0 Å². The Kier molecular flexibility index (Phi) is 4.79. The maximum Gasteiger partial charge on any atom is 0.244 e. The van der Waals surface area contributed by atoms with Gasteiger partial charge in [-0.05, 0) is 26.3 Å². The molecular formula is C12H22N4O3S. The zero-order chi connectivity index (χ0) is 14.8. The predicted octanol–water partition coefficient (Wildman–Crippen LogP) is -0.0270. The Balaban J connectivity index is 1.98. The molecule has 8 heteroatoms. The highest BCUT2D eigenvalue weighted by Gasteiger charge is 2.28. The number of aryl methyl sites for hydroxylation is 1. The molecule has 1 aliphatic rings. The van der Waals surface area contributed by atoms with E-state index in [9.17, 15) is 8.42 Å². The molecule has 0 bridgehead atoms. The molecule has 1 heterocycles. The Morgan fingerprint density at radius 2 is 2.20 bits per heavy atom. The van der Waals surface area contributed by atoms with Crippen LogP contribution in [-0.2, 0) is 16.6 Å². The van der Waals surface area contributed by atoms with E-state index in [0.717, 1.165) is 6.54 Å². The molecule has 0 spiro atoms. The van der Waals surface area contributed by atoms with Crippen LogP contribution in [0.1, 0.15) is 31.2 Å². The first-order valence-electron chi connectivity index (χ1n) is 6.88. The first kappa shape index (κ1) is 15.4. The molecule has 0 radical (unpaired) electrons. The van der Waals surface area contributed by atoms with E-state index in [-0.39, 0.29) is 10.6 Å². The van der Waals surface area contributed by atoms with Crippen molar-refractivity contribution in [2.75, 3.05) is 19.6 Å². The van der Waals surface area contributed by atoms with Crippen LogP contribution in [0.5, 0.6) is 0 Å². The number of H-pyrrole nitrogens is 1. The molecule has 1 saturated carbocycles. The van der Waals surface area contributed by atoms with Crippen LogP contribution in [0.15, 0.2) is 4.90 Å². The van der Waals surface area contributed by atoms with Gasteiger partial charge in [-0.2, -0.15) is 5.10 Å². The lowest BCUT2D eigenvalue weighted by Gasteiger charge is -2.19. The van der Waals surface area contributed by atoms with Crippen LogP contribution in [0.4, 0.5) is 0 Å². The van der Waals surface area contributed by atoms with Crippen molar-refractivity contribution in [1.82, 2.24) is 19.8 Å². The van der Waals surface area contributed by atoms with Crippen LogP contribution < -0.4 is 4.72 Å². The Bertz CT molecular complexity index is 551. The zero-order valence-corrected chi connectivity index (χ0v) is 12.7. The van der Waals surface area contributed by atoms with Gasteiger partial charge in [0, 0.05) is 19.1 Å². The average Bonchev–Trinajstić information content (AvgIpc) is 3.17. The lowest BCUT2D eigenvalue weighted by molar-refractivity contribution is 0.273. The zero-order valence-electron chi connectivity index (χ0n) is 11.9. The molecule has 0 unspecified atom stereocenters. The third-order valence-electron chi connectivity index (χ3n) is 3.54. The summed E-state index contributed by atoms with van der Waals surface area (Å²) in [6.07, 6.45) is 2.41. The third kappa shape index (κ3) is 3.38. The van der Waals surface area contributed by atoms with Crippen molar-refractivity contribution in [3.05, 3.63) is 11.4 Å². The van der Waals surface area contributed by atoms with E-state index in [1.807, 2.05) is 0 Å². The molecule has 2 rings (SSSR count). The molecule has 1 aromatic rings. The number of hydrogen-bond acceptors (Lipinski definition) is 5. The van der Waals surface area contributed by atoms with Crippen LogP contribution in [0, 0.1) is 6.92 Å². The summed E-state index contributed by atoms with van der Waals surface area (Å²) in [7, 11) is -3.63. The number of rotatable bonds is 8. The van der Waals surface area contributed by atoms with Gasteiger partial charge in [-0.3, -0.25) is 10.00 Å². The number of aliphatic hydroxyl groups excluding tert-OH is 1. The molecule has 20 heavy (non-hydrogen) atoms. The highest BCUT2D eigenvalue weighted by atomic mass is 32.2. The van der Waals surface area contributed by atoms with Gasteiger partial charge >= 0.3 is 0 Å². The van der Waals surface area contributed by atoms with E-state index in [1.165, 1.54) is 12.8 Å². The van der Waals surface area contributed by atoms with Gasteiger partial charge in [-0.25, -0.2) is 13.1 Å². The maximum atomic E-state index is 12.2. The Morgan fingerprint density at radius 1 is 1.50 bits per heavy atom. The summed E-state index contributed by atoms with van der Waals surface area (Å²) in [6.45, 7) is 5.30. The molecule has 3 N–H and O–H groups in total. The summed E-state index contributed by atoms with van der Waals surface area (Å²) in [6, 6.07) is 0.619. The Labute approximate surface area is 119 Å². The fourth-order valence-corrected chi connectivity index (χ4v) is 3.74. The molecule has 0 aromatic carbocycles. The highest BCUT2D eigenvalue weighted by molar-refractivity contribution is 7.89. The molecule has 1 aliphatic carbocycles. The van der Waals surface area contributed by atoms with E-state index in [0.29, 0.717) is 24.8 Å². The van der Waals surface area contributed by atoms with Gasteiger partial charge in [0.15, 0.2) is 0 Å². The monoisotopic (exact) mass is 302 g/mol. The smallest absolute Gasteiger partial charge is 0.244 e. The molecule has 1 aromatic heterocycles. The summed E-state index contributed by atoms with van der Waals surface area (Å²) < 4.78 is 27.1. The highest BCUT2D eigenvalue weighted by Crippen LogP contribution is 2.26. The van der Waals surface area contributed by atoms with E-state index >= 15 is 0 Å². The lowest BCUT2D eigenvalue weighted by atomic mass is 10.4. The van der Waals surface area contributed by atoms with Crippen LogP contribution in [-0.4, -0.2) is 54.3 Å². The fraction of sp³-hybridized carbons (Fsp3) is 0.750. The molecule has 114 valence electrons. The summed E-state index contributed by atoms with van der Waals surface area (Å²) in [5, 5.41) is 15.5. The van der Waals surface area contributed by atoms with E-state index in [1.54, 1.807) is 6.92 Å². The van der Waals surface area contributed by atoms with Crippen LogP contribution in [0.25, 0.3) is 0 Å². The van der Waals surface area contributed by atoms with Crippen molar-refractivity contribution in [3.63, 3.8) is 0 Å². The summed E-state index contributed by atoms with van der Waals surface area (Å²) in [5.74, 6) is 0. The van der Waals surface area contributed by atoms with E-state index < -0.39 is 16.6 Å². The largest absolute Gasteiger partial charge is 0.390 e. The number of aliphatic hydroxyl groups is 1. The van der Waals surface area contributed by atoms with Crippen molar-refractivity contribution in [2.45, 2.75) is 44.2 Å². The SMILES string of the molecule is CCN(CCNS(=O)(=O)c1c(CO)n[nH]c1C)C1CC1. The standard InChI is InChI=1S/C12H22N4O3S/c1-3-16(10-4-5-10)7-6-13-20(18,19)12-9(2)14-15-11(12)8-17/h10,13,17H,3-8H2,1-2H3,(H,14,15). The van der Waals surface area contributed by atoms with Crippen molar-refractivity contribution < 1.29 is 13.5 Å². The van der Waals surface area contributed by atoms with Crippen LogP contribution in [0.3, 0.4) is 0 Å². The fourth-order valence-electron chi connectivity index (χ4n) is 2.37. The molecule has 0 atom stereocenters. The van der Waals surface area contributed by atoms with Gasteiger partial charge in [0.2, 0.25) is 10.0 Å². The minimum Gasteiger partial charge on any atom is -0.390 e. The Morgan fingerprint density at radius 3 is 2.75 bits per heavy atom. The van der Waals surface area contributed by atoms with Crippen molar-refractivity contribution in [3.8, 4) is 0 Å². The van der Waals surface area contributed by atoms with E-state index in [4.69, 9.17) is 5.11 Å². The quantitative estimate of drug-likeness (QED) is 0.626. The van der Waals surface area contributed by atoms with Gasteiger partial charge in [0.25, 0.3) is 0 Å². The van der Waals surface area contributed by atoms with Crippen LogP contribution >= 0.6 is 0 Å². The molecule has 7 nitrogen and oxygen atoms in total. The van der Waals surface area contributed by atoms with Gasteiger partial charge in [-0.15, -0.1) is 0 Å². The molecule has 1 fully saturated rings. The summed E-state index contributed by atoms with van der Waals surface area (Å²) >= 11 is 0. The van der Waals surface area contributed by atoms with Gasteiger partial charge < -0.3 is 5.11 Å². The van der Waals surface area contributed by atoms with Gasteiger partial charge in [0.05, 0.1) is 12.3 Å². The van der Waals surface area contributed by atoms with E-state index in [2.05, 4.69) is 26.7 Å². The number of aromatic amines is 1. The second-order valence-electron chi connectivity index (χ2n) is 5.04. The molecule has 0 aliphatic heterocycles. The second kappa shape index (κ2) is 6.21. The number of nitrogens with zero attached hydrogens (tertiary/aromatic N) is 2. The predicted molar refractivity (Wildman–Crippen MR) is 74.7 cm³/mol. The van der Waals surface area contributed by atoms with Crippen LogP contribution in [0.2, 0.25) is 0 Å². The molecule has 0 saturated heterocycles. The van der Waals surface area contributed by atoms with Crippen molar-refractivity contribution >= 4 is 10.0 Å². The Hall–Kier alpha value is -0.960. The number of hydrogen-bond donors (Lipinski definition) is 3. The minimum absolute atomic E-state index is 0.0643. The number of sulfonamides is 1. The number of aromatic nitrogens is 2. The summed E-state index contributed by atoms with van der Waals surface area (Å²) in [4.78, 5) is 2.34.